The number of ether oxygens (including phenoxy) is 2. The molecule has 1 aliphatic heterocycles. The Labute approximate surface area is 165 Å². The second-order valence-corrected chi connectivity index (χ2v) is 7.01. The van der Waals surface area contributed by atoms with Crippen LogP contribution in [0.25, 0.3) is 11.4 Å². The second-order valence-electron chi connectivity index (χ2n) is 6.10. The first-order valence-electron chi connectivity index (χ1n) is 8.35. The number of carboxylic acid groups (broad SMARTS) is 1. The number of rotatable bonds is 5. The lowest BCUT2D eigenvalue weighted by molar-refractivity contribution is 0.0512. The van der Waals surface area contributed by atoms with Crippen LogP contribution in [0.3, 0.4) is 0 Å². The van der Waals surface area contributed by atoms with Crippen molar-refractivity contribution in [2.24, 2.45) is 0 Å². The van der Waals surface area contributed by atoms with E-state index in [0.29, 0.717) is 42.6 Å². The van der Waals surface area contributed by atoms with E-state index < -0.39 is 6.09 Å². The summed E-state index contributed by atoms with van der Waals surface area (Å²) < 4.78 is 11.3. The Hall–Kier alpha value is -2.46. The van der Waals surface area contributed by atoms with Crippen molar-refractivity contribution in [3.8, 4) is 17.1 Å². The Morgan fingerprint density at radius 2 is 2.19 bits per heavy atom. The fourth-order valence-corrected chi connectivity index (χ4v) is 3.23. The maximum atomic E-state index is 11.2. The minimum Gasteiger partial charge on any atom is -0.465 e. The molecule has 1 aliphatic rings. The molecule has 1 unspecified atom stereocenters. The van der Waals surface area contributed by atoms with Crippen molar-refractivity contribution in [2.45, 2.75) is 13.0 Å². The molecule has 0 radical (unpaired) electrons. The molecule has 9 nitrogen and oxygen atoms in total. The van der Waals surface area contributed by atoms with E-state index in [1.807, 2.05) is 24.0 Å². The third kappa shape index (κ3) is 4.45. The van der Waals surface area contributed by atoms with Crippen molar-refractivity contribution < 1.29 is 19.4 Å². The molecule has 2 aromatic heterocycles. The molecule has 1 atom stereocenters. The molecule has 1 amide bonds. The zero-order valence-electron chi connectivity index (χ0n) is 15.0. The summed E-state index contributed by atoms with van der Waals surface area (Å²) in [6, 6.07) is 5.37. The SMILES string of the molecule is COCOc1cc(Br)cnc1-c1ccc(N2CCN(C(=O)O)C(C)C2)nn1. The van der Waals surface area contributed by atoms with Crippen molar-refractivity contribution in [3.63, 3.8) is 0 Å². The number of hydrogen-bond acceptors (Lipinski definition) is 7. The molecule has 0 spiro atoms. The topological polar surface area (TPSA) is 101 Å². The van der Waals surface area contributed by atoms with Crippen LogP contribution in [-0.4, -0.2) is 70.9 Å². The number of nitrogens with zero attached hydrogens (tertiary/aromatic N) is 5. The number of aromatic nitrogens is 3. The first-order chi connectivity index (χ1) is 13.0. The van der Waals surface area contributed by atoms with Gasteiger partial charge in [-0.25, -0.2) is 9.78 Å². The standard InChI is InChI=1S/C17H20BrN5O4/c1-11-9-22(5-6-23(11)17(24)25)15-4-3-13(20-21-15)16-14(27-10-26-2)7-12(18)8-19-16/h3-4,7-8,11H,5-6,9-10H2,1-2H3,(H,24,25). The van der Waals surface area contributed by atoms with Gasteiger partial charge in [0.1, 0.15) is 11.4 Å². The summed E-state index contributed by atoms with van der Waals surface area (Å²) in [5.41, 5.74) is 1.15. The molecule has 10 heteroatoms. The van der Waals surface area contributed by atoms with Crippen molar-refractivity contribution in [3.05, 3.63) is 28.9 Å². The van der Waals surface area contributed by atoms with E-state index in [1.165, 1.54) is 4.90 Å². The van der Waals surface area contributed by atoms with Gasteiger partial charge in [0.2, 0.25) is 0 Å². The zero-order chi connectivity index (χ0) is 19.4. The van der Waals surface area contributed by atoms with Gasteiger partial charge in [-0.15, -0.1) is 10.2 Å². The summed E-state index contributed by atoms with van der Waals surface area (Å²) in [6.45, 7) is 3.56. The Morgan fingerprint density at radius 1 is 1.37 bits per heavy atom. The molecular formula is C17H20BrN5O4. The van der Waals surface area contributed by atoms with Crippen LogP contribution in [-0.2, 0) is 4.74 Å². The fraction of sp³-hybridized carbons (Fsp3) is 0.412. The smallest absolute Gasteiger partial charge is 0.407 e. The van der Waals surface area contributed by atoms with Gasteiger partial charge >= 0.3 is 6.09 Å². The molecule has 0 bridgehead atoms. The number of pyridine rings is 1. The number of piperazine rings is 1. The van der Waals surface area contributed by atoms with E-state index in [1.54, 1.807) is 19.4 Å². The molecule has 1 N–H and O–H groups in total. The van der Waals surface area contributed by atoms with Crippen LogP contribution in [0.1, 0.15) is 6.92 Å². The average molecular weight is 438 g/mol. The molecule has 27 heavy (non-hydrogen) atoms. The number of methoxy groups -OCH3 is 1. The third-order valence-electron chi connectivity index (χ3n) is 4.24. The Morgan fingerprint density at radius 3 is 2.81 bits per heavy atom. The molecule has 3 rings (SSSR count). The summed E-state index contributed by atoms with van der Waals surface area (Å²) in [4.78, 5) is 19.0. The maximum Gasteiger partial charge on any atom is 0.407 e. The maximum absolute atomic E-state index is 11.2. The Balaban J connectivity index is 1.77. The van der Waals surface area contributed by atoms with Gasteiger partial charge in [0, 0.05) is 43.5 Å². The third-order valence-corrected chi connectivity index (χ3v) is 4.68. The predicted molar refractivity (Wildman–Crippen MR) is 102 cm³/mol. The molecule has 1 fully saturated rings. The summed E-state index contributed by atoms with van der Waals surface area (Å²) in [7, 11) is 1.55. The monoisotopic (exact) mass is 437 g/mol. The molecular weight excluding hydrogens is 418 g/mol. The molecule has 2 aromatic rings. The number of halogens is 1. The van der Waals surface area contributed by atoms with Crippen LogP contribution in [0.5, 0.6) is 5.75 Å². The van der Waals surface area contributed by atoms with Gasteiger partial charge in [-0.05, 0) is 41.1 Å². The molecule has 0 aromatic carbocycles. The molecule has 144 valence electrons. The van der Waals surface area contributed by atoms with E-state index in [-0.39, 0.29) is 12.8 Å². The molecule has 0 saturated carbocycles. The highest BCUT2D eigenvalue weighted by molar-refractivity contribution is 9.10. The number of amides is 1. The van der Waals surface area contributed by atoms with E-state index in [2.05, 4.69) is 31.1 Å². The van der Waals surface area contributed by atoms with Gasteiger partial charge in [-0.3, -0.25) is 0 Å². The molecule has 1 saturated heterocycles. The molecule has 3 heterocycles. The Bertz CT molecular complexity index is 804. The normalized spacial score (nSPS) is 17.1. The van der Waals surface area contributed by atoms with Crippen LogP contribution in [0, 0.1) is 0 Å². The van der Waals surface area contributed by atoms with Crippen LogP contribution in [0.4, 0.5) is 10.6 Å². The lowest BCUT2D eigenvalue weighted by Crippen LogP contribution is -2.54. The fourth-order valence-electron chi connectivity index (χ4n) is 2.92. The Kier molecular flexibility index (Phi) is 6.07. The summed E-state index contributed by atoms with van der Waals surface area (Å²) >= 11 is 3.37. The average Bonchev–Trinajstić information content (AvgIpc) is 2.66. The van der Waals surface area contributed by atoms with E-state index in [9.17, 15) is 9.90 Å². The van der Waals surface area contributed by atoms with Gasteiger partial charge in [0.25, 0.3) is 0 Å². The van der Waals surface area contributed by atoms with Crippen LogP contribution in [0.2, 0.25) is 0 Å². The summed E-state index contributed by atoms with van der Waals surface area (Å²) in [6.07, 6.45) is 0.769. The highest BCUT2D eigenvalue weighted by atomic mass is 79.9. The lowest BCUT2D eigenvalue weighted by atomic mass is 10.2. The first-order valence-corrected chi connectivity index (χ1v) is 9.14. The van der Waals surface area contributed by atoms with Crippen LogP contribution < -0.4 is 9.64 Å². The predicted octanol–water partition coefficient (Wildman–Crippen LogP) is 2.47. The van der Waals surface area contributed by atoms with Crippen molar-refractivity contribution in [1.29, 1.82) is 0 Å². The van der Waals surface area contributed by atoms with Crippen LogP contribution >= 0.6 is 15.9 Å². The highest BCUT2D eigenvalue weighted by Crippen LogP contribution is 2.29. The van der Waals surface area contributed by atoms with Gasteiger partial charge in [-0.2, -0.15) is 0 Å². The number of anilines is 1. The minimum atomic E-state index is -0.895. The zero-order valence-corrected chi connectivity index (χ0v) is 16.6. The lowest BCUT2D eigenvalue weighted by Gasteiger charge is -2.38. The second kappa shape index (κ2) is 8.49. The van der Waals surface area contributed by atoms with Gasteiger partial charge in [0.15, 0.2) is 18.4 Å². The summed E-state index contributed by atoms with van der Waals surface area (Å²) in [5.74, 6) is 1.24. The van der Waals surface area contributed by atoms with E-state index >= 15 is 0 Å². The summed E-state index contributed by atoms with van der Waals surface area (Å²) in [5, 5.41) is 17.8. The van der Waals surface area contributed by atoms with E-state index in [0.717, 1.165) is 4.47 Å². The molecule has 0 aliphatic carbocycles. The van der Waals surface area contributed by atoms with Gasteiger partial charge in [-0.1, -0.05) is 0 Å². The van der Waals surface area contributed by atoms with Gasteiger partial charge in [0.05, 0.1) is 0 Å². The largest absolute Gasteiger partial charge is 0.465 e. The van der Waals surface area contributed by atoms with Crippen molar-refractivity contribution in [2.75, 3.05) is 38.4 Å². The van der Waals surface area contributed by atoms with Crippen LogP contribution in [0.15, 0.2) is 28.9 Å². The van der Waals surface area contributed by atoms with Gasteiger partial charge < -0.3 is 24.4 Å². The minimum absolute atomic E-state index is 0.0996. The van der Waals surface area contributed by atoms with Crippen molar-refractivity contribution in [1.82, 2.24) is 20.1 Å². The number of hydrogen-bond donors (Lipinski definition) is 1. The highest BCUT2D eigenvalue weighted by Gasteiger charge is 2.28. The quantitative estimate of drug-likeness (QED) is 0.711. The number of carbonyl (C=O) groups is 1. The first kappa shape index (κ1) is 19.3. The van der Waals surface area contributed by atoms with Crippen molar-refractivity contribution >= 4 is 27.8 Å². The van der Waals surface area contributed by atoms with E-state index in [4.69, 9.17) is 9.47 Å².